The van der Waals surface area contributed by atoms with Crippen molar-refractivity contribution in [2.24, 2.45) is 0 Å². The summed E-state index contributed by atoms with van der Waals surface area (Å²) in [7, 11) is -1.01. The fraction of sp³-hybridized carbons (Fsp3) is 0.500. The first-order valence-electron chi connectivity index (χ1n) is 8.17. The van der Waals surface area contributed by atoms with Gasteiger partial charge < -0.3 is 5.32 Å². The van der Waals surface area contributed by atoms with E-state index in [0.717, 1.165) is 16.8 Å². The molecule has 0 spiro atoms. The highest BCUT2D eigenvalue weighted by Gasteiger charge is 2.30. The van der Waals surface area contributed by atoms with Gasteiger partial charge in [-0.15, -0.1) is 5.10 Å². The van der Waals surface area contributed by atoms with Gasteiger partial charge in [-0.05, 0) is 56.7 Å². The largest absolute Gasteiger partial charge is 0.329 e. The lowest BCUT2D eigenvalue weighted by Crippen LogP contribution is -2.34. The summed E-state index contributed by atoms with van der Waals surface area (Å²) in [6, 6.07) is 3.97. The minimum absolute atomic E-state index is 0.00815. The van der Waals surface area contributed by atoms with Crippen molar-refractivity contribution in [3.8, 4) is 0 Å². The van der Waals surface area contributed by atoms with Crippen molar-refractivity contribution in [2.75, 3.05) is 23.9 Å². The van der Waals surface area contributed by atoms with Crippen molar-refractivity contribution in [1.29, 1.82) is 0 Å². The molecule has 0 aliphatic carbocycles. The zero-order valence-corrected chi connectivity index (χ0v) is 18.0. The van der Waals surface area contributed by atoms with E-state index in [4.69, 9.17) is 23.8 Å². The van der Waals surface area contributed by atoms with Crippen LogP contribution in [0, 0.1) is 17.8 Å². The van der Waals surface area contributed by atoms with Crippen molar-refractivity contribution < 1.29 is 8.42 Å². The normalized spacial score (nSPS) is 19.2. The number of hydrogen-bond donors (Lipinski definition) is 1. The van der Waals surface area contributed by atoms with E-state index in [9.17, 15) is 8.42 Å². The molecule has 142 valence electrons. The molecule has 1 aliphatic rings. The Kier molecular flexibility index (Phi) is 5.74. The second-order valence-electron chi connectivity index (χ2n) is 6.69. The molecule has 1 atom stereocenters. The Morgan fingerprint density at radius 3 is 2.81 bits per heavy atom. The summed E-state index contributed by atoms with van der Waals surface area (Å²) in [4.78, 5) is 1.99. The molecule has 1 fully saturated rings. The van der Waals surface area contributed by atoms with Gasteiger partial charge in [-0.2, -0.15) is 0 Å². The number of rotatable bonds is 5. The van der Waals surface area contributed by atoms with E-state index in [1.54, 1.807) is 4.68 Å². The predicted molar refractivity (Wildman–Crippen MR) is 110 cm³/mol. The van der Waals surface area contributed by atoms with Crippen LogP contribution in [0.3, 0.4) is 0 Å². The Labute approximate surface area is 167 Å². The van der Waals surface area contributed by atoms with Gasteiger partial charge in [0.2, 0.25) is 5.13 Å². The number of aromatic nitrogens is 2. The third-order valence-corrected chi connectivity index (χ3v) is 7.73. The molecule has 1 N–H and O–H groups in total. The second kappa shape index (κ2) is 7.55. The average molecular weight is 433 g/mol. The number of nitrogens with zero attached hydrogens (tertiary/aromatic N) is 3. The molecule has 0 saturated carbocycles. The lowest BCUT2D eigenvalue weighted by atomic mass is 10.1. The maximum absolute atomic E-state index is 11.7. The smallest absolute Gasteiger partial charge is 0.209 e. The molecule has 1 saturated heterocycles. The number of anilines is 2. The molecule has 0 bridgehead atoms. The summed E-state index contributed by atoms with van der Waals surface area (Å²) >= 11 is 13.1. The molecule has 26 heavy (non-hydrogen) atoms. The molecule has 6 nitrogen and oxygen atoms in total. The highest BCUT2D eigenvalue weighted by Crippen LogP contribution is 2.31. The van der Waals surface area contributed by atoms with Crippen LogP contribution in [0.2, 0.25) is 5.02 Å². The summed E-state index contributed by atoms with van der Waals surface area (Å²) < 4.78 is 25.7. The molecule has 2 aromatic rings. The standard InChI is InChI=1S/C16H21ClN4O2S3/c1-10-6-11(2)14(13(17)7-10)18-15-19-21(16(24)25-15)9-20(3)12-4-5-26(22,23)8-12/h6-7,12H,4-5,8-9H2,1-3H3,(H,18,19). The second-order valence-corrected chi connectivity index (χ2v) is 11.0. The molecule has 1 aromatic carbocycles. The first-order chi connectivity index (χ1) is 12.1. The Morgan fingerprint density at radius 2 is 2.19 bits per heavy atom. The number of sulfone groups is 1. The molecular formula is C16H21ClN4O2S3. The maximum atomic E-state index is 11.7. The summed E-state index contributed by atoms with van der Waals surface area (Å²) in [5.41, 5.74) is 2.96. The van der Waals surface area contributed by atoms with Crippen LogP contribution in [-0.2, 0) is 16.5 Å². The molecule has 1 aromatic heterocycles. The molecule has 1 aliphatic heterocycles. The number of hydrogen-bond acceptors (Lipinski definition) is 7. The SMILES string of the molecule is Cc1cc(C)c(Nc2nn(CN(C)C3CCS(=O)(=O)C3)c(=S)s2)c(Cl)c1. The Balaban J connectivity index is 1.75. The van der Waals surface area contributed by atoms with E-state index in [0.29, 0.717) is 27.2 Å². The van der Waals surface area contributed by atoms with E-state index < -0.39 is 9.84 Å². The van der Waals surface area contributed by atoms with Gasteiger partial charge in [0.15, 0.2) is 13.8 Å². The van der Waals surface area contributed by atoms with Crippen LogP contribution >= 0.6 is 35.2 Å². The Bertz CT molecular complexity index is 961. The predicted octanol–water partition coefficient (Wildman–Crippen LogP) is 3.76. The summed E-state index contributed by atoms with van der Waals surface area (Å²) in [5.74, 6) is 0.451. The summed E-state index contributed by atoms with van der Waals surface area (Å²) in [5, 5.41) is 9.09. The van der Waals surface area contributed by atoms with Crippen LogP contribution in [0.1, 0.15) is 17.5 Å². The minimum atomic E-state index is -2.91. The van der Waals surface area contributed by atoms with E-state index in [2.05, 4.69) is 16.5 Å². The van der Waals surface area contributed by atoms with Crippen LogP contribution in [-0.4, -0.2) is 47.7 Å². The van der Waals surface area contributed by atoms with Crippen molar-refractivity contribution in [3.05, 3.63) is 32.2 Å². The molecular weight excluding hydrogens is 412 g/mol. The third kappa shape index (κ3) is 4.45. The monoisotopic (exact) mass is 432 g/mol. The summed E-state index contributed by atoms with van der Waals surface area (Å²) in [6.45, 7) is 4.45. The van der Waals surface area contributed by atoms with Gasteiger partial charge in [0.25, 0.3) is 0 Å². The first-order valence-corrected chi connectivity index (χ1v) is 11.6. The lowest BCUT2D eigenvalue weighted by Gasteiger charge is -2.22. The average Bonchev–Trinajstić information content (AvgIpc) is 3.05. The molecule has 1 unspecified atom stereocenters. The third-order valence-electron chi connectivity index (χ3n) is 4.46. The van der Waals surface area contributed by atoms with E-state index in [1.807, 2.05) is 31.9 Å². The minimum Gasteiger partial charge on any atom is -0.329 e. The number of halogens is 1. The molecule has 2 heterocycles. The van der Waals surface area contributed by atoms with Crippen LogP contribution in [0.5, 0.6) is 0 Å². The van der Waals surface area contributed by atoms with Crippen LogP contribution < -0.4 is 5.32 Å². The lowest BCUT2D eigenvalue weighted by molar-refractivity contribution is 0.198. The van der Waals surface area contributed by atoms with Crippen molar-refractivity contribution in [2.45, 2.75) is 33.0 Å². The number of nitrogens with one attached hydrogen (secondary N) is 1. The van der Waals surface area contributed by atoms with Crippen LogP contribution in [0.4, 0.5) is 10.8 Å². The number of aryl methyl sites for hydroxylation is 2. The molecule has 0 radical (unpaired) electrons. The highest BCUT2D eigenvalue weighted by molar-refractivity contribution is 7.91. The van der Waals surface area contributed by atoms with E-state index in [-0.39, 0.29) is 17.5 Å². The zero-order valence-electron chi connectivity index (χ0n) is 14.8. The molecule has 3 rings (SSSR count). The van der Waals surface area contributed by atoms with Gasteiger partial charge in [0.05, 0.1) is 28.9 Å². The fourth-order valence-electron chi connectivity index (χ4n) is 3.08. The Hall–Kier alpha value is -1.00. The van der Waals surface area contributed by atoms with Crippen molar-refractivity contribution in [1.82, 2.24) is 14.7 Å². The fourth-order valence-corrected chi connectivity index (χ4v) is 6.25. The van der Waals surface area contributed by atoms with Crippen LogP contribution in [0.25, 0.3) is 0 Å². The summed E-state index contributed by atoms with van der Waals surface area (Å²) in [6.07, 6.45) is 0.652. The first kappa shape index (κ1) is 19.8. The number of benzene rings is 1. The van der Waals surface area contributed by atoms with Gasteiger partial charge >= 0.3 is 0 Å². The maximum Gasteiger partial charge on any atom is 0.209 e. The zero-order chi connectivity index (χ0) is 19.1. The van der Waals surface area contributed by atoms with Gasteiger partial charge in [0.1, 0.15) is 0 Å². The molecule has 10 heteroatoms. The van der Waals surface area contributed by atoms with Gasteiger partial charge in [-0.1, -0.05) is 29.0 Å². The van der Waals surface area contributed by atoms with Crippen molar-refractivity contribution in [3.63, 3.8) is 0 Å². The highest BCUT2D eigenvalue weighted by atomic mass is 35.5. The van der Waals surface area contributed by atoms with Crippen LogP contribution in [0.15, 0.2) is 12.1 Å². The molecule has 0 amide bonds. The Morgan fingerprint density at radius 1 is 1.46 bits per heavy atom. The van der Waals surface area contributed by atoms with Gasteiger partial charge in [-0.3, -0.25) is 4.90 Å². The van der Waals surface area contributed by atoms with E-state index >= 15 is 0 Å². The quantitative estimate of drug-likeness (QED) is 0.725. The topological polar surface area (TPSA) is 67.2 Å². The van der Waals surface area contributed by atoms with Gasteiger partial charge in [-0.25, -0.2) is 13.1 Å². The van der Waals surface area contributed by atoms with E-state index in [1.165, 1.54) is 11.3 Å². The van der Waals surface area contributed by atoms with Gasteiger partial charge in [0, 0.05) is 6.04 Å². The van der Waals surface area contributed by atoms with Crippen molar-refractivity contribution >= 4 is 55.8 Å².